The van der Waals surface area contributed by atoms with Crippen molar-refractivity contribution in [3.63, 3.8) is 0 Å². The average molecular weight is 263 g/mol. The molecule has 4 heteroatoms. The monoisotopic (exact) mass is 264 g/mol. The van der Waals surface area contributed by atoms with Gasteiger partial charge in [-0.05, 0) is 0 Å². The summed E-state index contributed by atoms with van der Waals surface area (Å²) >= 11 is 1.68. The summed E-state index contributed by atoms with van der Waals surface area (Å²) in [5.74, 6) is -0.775. The van der Waals surface area contributed by atoms with Gasteiger partial charge in [0.05, 0.1) is 0 Å². The molecule has 0 atom stereocenters. The van der Waals surface area contributed by atoms with E-state index in [2.05, 4.69) is 6.92 Å². The molecule has 0 aliphatic heterocycles. The molecule has 0 amide bonds. The zero-order valence-corrected chi connectivity index (χ0v) is 9.98. The van der Waals surface area contributed by atoms with Crippen molar-refractivity contribution in [3.8, 4) is 0 Å². The molecule has 0 aromatic carbocycles. The molecule has 2 nitrogen and oxygen atoms in total. The normalized spacial score (nSPS) is 10.2. The average Bonchev–Trinajstić information content (AvgIpc) is 2.53. The Balaban J connectivity index is 2.55. The Labute approximate surface area is 88.1 Å². The van der Waals surface area contributed by atoms with Crippen LogP contribution in [0.25, 0.3) is 0 Å². The first-order chi connectivity index (χ1) is 6.25. The molecular weight excluding hydrogens is 251 g/mol. The second-order valence-corrected chi connectivity index (χ2v) is 5.92. The number of hydrogen-bond acceptors (Lipinski definition) is 2. The third kappa shape index (κ3) is 3.14. The predicted octanol–water partition coefficient (Wildman–Crippen LogP) is 1.99. The molecule has 0 aliphatic rings. The fourth-order valence-corrected chi connectivity index (χ4v) is 4.49. The van der Waals surface area contributed by atoms with Crippen molar-refractivity contribution < 1.29 is 9.90 Å². The standard InChI is InChI=1S/C9H12O2SSe/c1-2-3-6-13-7-4-5-12-8(7)9(10)11/h4-5H,2-3,6H2,1H3,(H,10,11). The fourth-order valence-electron chi connectivity index (χ4n) is 0.894. The molecule has 0 unspecified atom stereocenters. The first kappa shape index (κ1) is 10.8. The van der Waals surface area contributed by atoms with E-state index < -0.39 is 5.97 Å². The summed E-state index contributed by atoms with van der Waals surface area (Å²) in [6, 6.07) is 1.95. The van der Waals surface area contributed by atoms with Gasteiger partial charge >= 0.3 is 88.0 Å². The number of hydrogen-bond donors (Lipinski definition) is 1. The molecule has 0 saturated heterocycles. The molecule has 0 fully saturated rings. The second-order valence-electron chi connectivity index (χ2n) is 2.62. The maximum absolute atomic E-state index is 10.7. The third-order valence-corrected chi connectivity index (χ3v) is 5.17. The predicted molar refractivity (Wildman–Crippen MR) is 56.4 cm³/mol. The first-order valence-electron chi connectivity index (χ1n) is 4.19. The Bertz CT molecular complexity index is 283. The van der Waals surface area contributed by atoms with Crippen LogP contribution in [0.5, 0.6) is 0 Å². The molecular formula is C9H12O2SSe. The molecule has 0 saturated carbocycles. The number of carbonyl (C=O) groups is 1. The van der Waals surface area contributed by atoms with Gasteiger partial charge in [-0.15, -0.1) is 0 Å². The van der Waals surface area contributed by atoms with Crippen LogP contribution in [0.3, 0.4) is 0 Å². The van der Waals surface area contributed by atoms with E-state index in [1.54, 1.807) is 0 Å². The topological polar surface area (TPSA) is 37.3 Å². The second kappa shape index (κ2) is 5.43. The summed E-state index contributed by atoms with van der Waals surface area (Å²) in [5, 5.41) is 11.9. The molecule has 1 heterocycles. The maximum atomic E-state index is 10.7. The minimum absolute atomic E-state index is 0.351. The Morgan fingerprint density at radius 3 is 3.08 bits per heavy atom. The molecule has 1 aromatic rings. The number of thiophene rings is 1. The van der Waals surface area contributed by atoms with Crippen molar-refractivity contribution >= 4 is 36.7 Å². The van der Waals surface area contributed by atoms with Gasteiger partial charge in [0.25, 0.3) is 0 Å². The Morgan fingerprint density at radius 1 is 1.69 bits per heavy atom. The van der Waals surface area contributed by atoms with Crippen molar-refractivity contribution in [1.82, 2.24) is 0 Å². The molecule has 0 aliphatic carbocycles. The summed E-state index contributed by atoms with van der Waals surface area (Å²) in [6.45, 7) is 2.15. The zero-order chi connectivity index (χ0) is 9.68. The van der Waals surface area contributed by atoms with Gasteiger partial charge in [-0.2, -0.15) is 0 Å². The summed E-state index contributed by atoms with van der Waals surface area (Å²) in [7, 11) is 0. The van der Waals surface area contributed by atoms with Crippen LogP contribution in [0.2, 0.25) is 5.32 Å². The van der Waals surface area contributed by atoms with Crippen LogP contribution in [0, 0.1) is 0 Å². The van der Waals surface area contributed by atoms with E-state index in [4.69, 9.17) is 5.11 Å². The van der Waals surface area contributed by atoms with Crippen LogP contribution in [-0.4, -0.2) is 26.0 Å². The van der Waals surface area contributed by atoms with E-state index in [0.717, 1.165) is 9.78 Å². The van der Waals surface area contributed by atoms with Gasteiger partial charge in [-0.3, -0.25) is 0 Å². The third-order valence-electron chi connectivity index (χ3n) is 1.58. The number of unbranched alkanes of at least 4 members (excludes halogenated alkanes) is 1. The number of aromatic carboxylic acids is 1. The number of carboxylic acids is 1. The SMILES string of the molecule is CCCC[Se]c1ccsc1C(=O)O. The van der Waals surface area contributed by atoms with E-state index in [9.17, 15) is 4.79 Å². The van der Waals surface area contributed by atoms with E-state index in [0.29, 0.717) is 19.8 Å². The summed E-state index contributed by atoms with van der Waals surface area (Å²) < 4.78 is 1.05. The molecule has 0 spiro atoms. The van der Waals surface area contributed by atoms with E-state index >= 15 is 0 Å². The van der Waals surface area contributed by atoms with Crippen LogP contribution >= 0.6 is 11.3 Å². The van der Waals surface area contributed by atoms with Crippen molar-refractivity contribution in [2.75, 3.05) is 0 Å². The fraction of sp³-hybridized carbons (Fsp3) is 0.444. The number of rotatable bonds is 5. The Kier molecular flexibility index (Phi) is 4.49. The molecule has 1 N–H and O–H groups in total. The van der Waals surface area contributed by atoms with Crippen molar-refractivity contribution in [3.05, 3.63) is 16.3 Å². The molecule has 13 heavy (non-hydrogen) atoms. The van der Waals surface area contributed by atoms with E-state index in [1.807, 2.05) is 11.4 Å². The molecule has 72 valence electrons. The van der Waals surface area contributed by atoms with Gasteiger partial charge < -0.3 is 0 Å². The summed E-state index contributed by atoms with van der Waals surface area (Å²) in [6.07, 6.45) is 2.39. The van der Waals surface area contributed by atoms with Crippen LogP contribution in [0.15, 0.2) is 11.4 Å². The quantitative estimate of drug-likeness (QED) is 0.651. The van der Waals surface area contributed by atoms with Gasteiger partial charge in [0.2, 0.25) is 0 Å². The van der Waals surface area contributed by atoms with Crippen molar-refractivity contribution in [2.45, 2.75) is 25.1 Å². The van der Waals surface area contributed by atoms with Crippen LogP contribution in [0.1, 0.15) is 29.4 Å². The van der Waals surface area contributed by atoms with Gasteiger partial charge in [0.15, 0.2) is 0 Å². The van der Waals surface area contributed by atoms with Crippen LogP contribution < -0.4 is 4.46 Å². The van der Waals surface area contributed by atoms with Gasteiger partial charge in [0, 0.05) is 0 Å². The van der Waals surface area contributed by atoms with E-state index in [1.165, 1.54) is 24.2 Å². The Morgan fingerprint density at radius 2 is 2.46 bits per heavy atom. The first-order valence-corrected chi connectivity index (χ1v) is 7.14. The summed E-state index contributed by atoms with van der Waals surface area (Å²) in [5.41, 5.74) is 0. The minimum atomic E-state index is -0.775. The van der Waals surface area contributed by atoms with Gasteiger partial charge in [0.1, 0.15) is 0 Å². The number of carboxylic acid groups (broad SMARTS) is 1. The van der Waals surface area contributed by atoms with Crippen molar-refractivity contribution in [1.29, 1.82) is 0 Å². The van der Waals surface area contributed by atoms with Gasteiger partial charge in [-0.1, -0.05) is 0 Å². The Hall–Kier alpha value is -0.311. The molecule has 0 bridgehead atoms. The molecule has 0 radical (unpaired) electrons. The van der Waals surface area contributed by atoms with Crippen molar-refractivity contribution in [2.24, 2.45) is 0 Å². The zero-order valence-electron chi connectivity index (χ0n) is 7.45. The molecule has 1 rings (SSSR count). The summed E-state index contributed by atoms with van der Waals surface area (Å²) in [4.78, 5) is 11.3. The molecule has 1 aromatic heterocycles. The van der Waals surface area contributed by atoms with Crippen LogP contribution in [0.4, 0.5) is 0 Å². The van der Waals surface area contributed by atoms with E-state index in [-0.39, 0.29) is 0 Å². The van der Waals surface area contributed by atoms with Crippen LogP contribution in [-0.2, 0) is 0 Å². The van der Waals surface area contributed by atoms with Gasteiger partial charge in [-0.25, -0.2) is 0 Å².